The van der Waals surface area contributed by atoms with Gasteiger partial charge in [-0.05, 0) is 0 Å². The molecule has 6 heteroatoms. The predicted molar refractivity (Wildman–Crippen MR) is 64.4 cm³/mol. The number of aliphatic hydroxyl groups is 1. The summed E-state index contributed by atoms with van der Waals surface area (Å²) in [6, 6.07) is 0. The van der Waals surface area contributed by atoms with Gasteiger partial charge in [0.05, 0.1) is 13.2 Å². The lowest BCUT2D eigenvalue weighted by Crippen LogP contribution is -2.50. The zero-order chi connectivity index (χ0) is 13.3. The van der Waals surface area contributed by atoms with Gasteiger partial charge in [0.2, 0.25) is 0 Å². The van der Waals surface area contributed by atoms with E-state index in [2.05, 4.69) is 0 Å². The largest absolute Gasteiger partial charge is 0.394 e. The minimum absolute atomic E-state index is 0.0569. The topological polar surface area (TPSA) is 72.8 Å². The molecule has 5 nitrogen and oxygen atoms in total. The monoisotopic (exact) mass is 266 g/mol. The molecular weight excluding hydrogens is 244 g/mol. The van der Waals surface area contributed by atoms with E-state index in [4.69, 9.17) is 14.6 Å². The standard InChI is InChI=1S/C11H22O5S/c1-5-17(13,14)8-11(10(2,3)4)15-7-9(6-12)16-11/h9,12H,5-8H2,1-4H3/t9-,11-/m1/s1. The Bertz CT molecular complexity index is 357. The molecular formula is C11H22O5S. The third kappa shape index (κ3) is 3.19. The molecule has 1 heterocycles. The van der Waals surface area contributed by atoms with E-state index in [1.54, 1.807) is 6.92 Å². The maximum Gasteiger partial charge on any atom is 0.187 e. The average molecular weight is 266 g/mol. The number of hydrogen-bond donors (Lipinski definition) is 1. The lowest BCUT2D eigenvalue weighted by atomic mass is 9.86. The molecule has 0 spiro atoms. The quantitative estimate of drug-likeness (QED) is 0.805. The number of hydrogen-bond acceptors (Lipinski definition) is 5. The van der Waals surface area contributed by atoms with E-state index in [1.807, 2.05) is 20.8 Å². The van der Waals surface area contributed by atoms with Gasteiger partial charge in [0, 0.05) is 11.2 Å². The third-order valence-corrected chi connectivity index (χ3v) is 4.76. The molecule has 0 saturated carbocycles. The first-order valence-electron chi connectivity index (χ1n) is 5.79. The third-order valence-electron chi connectivity index (χ3n) is 3.06. The summed E-state index contributed by atoms with van der Waals surface area (Å²) in [4.78, 5) is 0. The molecule has 0 aromatic carbocycles. The van der Waals surface area contributed by atoms with Crippen LogP contribution in [0, 0.1) is 5.41 Å². The maximum absolute atomic E-state index is 11.8. The van der Waals surface area contributed by atoms with E-state index in [-0.39, 0.29) is 24.7 Å². The summed E-state index contributed by atoms with van der Waals surface area (Å²) in [5, 5.41) is 9.07. The summed E-state index contributed by atoms with van der Waals surface area (Å²) in [6.45, 7) is 7.29. The van der Waals surface area contributed by atoms with Crippen molar-refractivity contribution in [2.75, 3.05) is 24.7 Å². The lowest BCUT2D eigenvalue weighted by molar-refractivity contribution is -0.216. The Kier molecular flexibility index (Phi) is 4.24. The number of sulfone groups is 1. The smallest absolute Gasteiger partial charge is 0.187 e. The molecule has 1 aliphatic heterocycles. The van der Waals surface area contributed by atoms with Gasteiger partial charge in [0.25, 0.3) is 0 Å². The Labute approximate surface area is 103 Å². The highest BCUT2D eigenvalue weighted by molar-refractivity contribution is 7.91. The van der Waals surface area contributed by atoms with Crippen molar-refractivity contribution >= 4 is 9.84 Å². The normalized spacial score (nSPS) is 30.8. The average Bonchev–Trinajstić information content (AvgIpc) is 2.61. The molecule has 1 fully saturated rings. The molecule has 0 aromatic rings. The van der Waals surface area contributed by atoms with Crippen LogP contribution in [0.2, 0.25) is 0 Å². The second kappa shape index (κ2) is 4.84. The van der Waals surface area contributed by atoms with Gasteiger partial charge >= 0.3 is 0 Å². The maximum atomic E-state index is 11.8. The molecule has 0 radical (unpaired) electrons. The van der Waals surface area contributed by atoms with Gasteiger partial charge in [-0.15, -0.1) is 0 Å². The van der Waals surface area contributed by atoms with Gasteiger partial charge in [-0.25, -0.2) is 8.42 Å². The fourth-order valence-corrected chi connectivity index (χ4v) is 3.10. The summed E-state index contributed by atoms with van der Waals surface area (Å²) >= 11 is 0. The van der Waals surface area contributed by atoms with Crippen LogP contribution in [-0.2, 0) is 19.3 Å². The van der Waals surface area contributed by atoms with E-state index < -0.39 is 27.1 Å². The summed E-state index contributed by atoms with van der Waals surface area (Å²) in [5.41, 5.74) is -0.473. The lowest BCUT2D eigenvalue weighted by Gasteiger charge is -2.39. The van der Waals surface area contributed by atoms with Gasteiger partial charge in [-0.2, -0.15) is 0 Å². The molecule has 1 N–H and O–H groups in total. The van der Waals surface area contributed by atoms with E-state index in [1.165, 1.54) is 0 Å². The molecule has 2 atom stereocenters. The van der Waals surface area contributed by atoms with E-state index in [9.17, 15) is 8.42 Å². The van der Waals surface area contributed by atoms with Gasteiger partial charge in [0.1, 0.15) is 11.9 Å². The Balaban J connectivity index is 2.98. The molecule has 0 amide bonds. The first-order chi connectivity index (χ1) is 7.66. The highest BCUT2D eigenvalue weighted by Crippen LogP contribution is 2.41. The molecule has 0 aromatic heterocycles. The number of ether oxygens (including phenoxy) is 2. The van der Waals surface area contributed by atoms with Crippen LogP contribution in [0.5, 0.6) is 0 Å². The number of rotatable bonds is 4. The van der Waals surface area contributed by atoms with Gasteiger partial charge in [-0.1, -0.05) is 27.7 Å². The van der Waals surface area contributed by atoms with Crippen molar-refractivity contribution < 1.29 is 23.0 Å². The summed E-state index contributed by atoms with van der Waals surface area (Å²) in [7, 11) is -3.21. The predicted octanol–water partition coefficient (Wildman–Crippen LogP) is 0.571. The minimum Gasteiger partial charge on any atom is -0.394 e. The van der Waals surface area contributed by atoms with Crippen LogP contribution in [0.1, 0.15) is 27.7 Å². The van der Waals surface area contributed by atoms with Crippen LogP contribution in [0.3, 0.4) is 0 Å². The Hall–Kier alpha value is -0.170. The first-order valence-corrected chi connectivity index (χ1v) is 7.61. The van der Waals surface area contributed by atoms with Crippen LogP contribution < -0.4 is 0 Å². The Morgan fingerprint density at radius 3 is 2.35 bits per heavy atom. The van der Waals surface area contributed by atoms with Crippen molar-refractivity contribution in [3.8, 4) is 0 Å². The van der Waals surface area contributed by atoms with E-state index >= 15 is 0 Å². The minimum atomic E-state index is -3.21. The van der Waals surface area contributed by atoms with Gasteiger partial charge < -0.3 is 14.6 Å². The van der Waals surface area contributed by atoms with Crippen LogP contribution in [0.4, 0.5) is 0 Å². The molecule has 17 heavy (non-hydrogen) atoms. The SMILES string of the molecule is CCS(=O)(=O)C[C@@]1(C(C)(C)C)OC[C@@H](CO)O1. The van der Waals surface area contributed by atoms with Crippen molar-refractivity contribution in [3.63, 3.8) is 0 Å². The van der Waals surface area contributed by atoms with E-state index in [0.29, 0.717) is 0 Å². The van der Waals surface area contributed by atoms with Crippen molar-refractivity contribution in [3.05, 3.63) is 0 Å². The van der Waals surface area contributed by atoms with Gasteiger partial charge in [0.15, 0.2) is 15.6 Å². The Morgan fingerprint density at radius 2 is 2.00 bits per heavy atom. The fourth-order valence-electron chi connectivity index (χ4n) is 1.73. The highest BCUT2D eigenvalue weighted by Gasteiger charge is 2.52. The van der Waals surface area contributed by atoms with Crippen LogP contribution in [0.25, 0.3) is 0 Å². The second-order valence-corrected chi connectivity index (χ2v) is 7.77. The summed E-state index contributed by atoms with van der Waals surface area (Å²) in [5.74, 6) is -1.27. The van der Waals surface area contributed by atoms with Crippen molar-refractivity contribution in [2.24, 2.45) is 5.41 Å². The molecule has 102 valence electrons. The van der Waals surface area contributed by atoms with Crippen LogP contribution in [0.15, 0.2) is 0 Å². The second-order valence-electron chi connectivity index (χ2n) is 5.41. The number of aliphatic hydroxyl groups excluding tert-OH is 1. The van der Waals surface area contributed by atoms with Crippen molar-refractivity contribution in [2.45, 2.75) is 39.6 Å². The molecule has 1 saturated heterocycles. The fraction of sp³-hybridized carbons (Fsp3) is 1.00. The van der Waals surface area contributed by atoms with Crippen LogP contribution in [-0.4, -0.2) is 50.1 Å². The zero-order valence-electron chi connectivity index (χ0n) is 10.9. The Morgan fingerprint density at radius 1 is 1.41 bits per heavy atom. The highest BCUT2D eigenvalue weighted by atomic mass is 32.2. The molecule has 0 bridgehead atoms. The summed E-state index contributed by atoms with van der Waals surface area (Å²) < 4.78 is 34.8. The van der Waals surface area contributed by atoms with Crippen molar-refractivity contribution in [1.29, 1.82) is 0 Å². The molecule has 0 aliphatic carbocycles. The first kappa shape index (κ1) is 14.9. The van der Waals surface area contributed by atoms with Crippen LogP contribution >= 0.6 is 0 Å². The molecule has 1 aliphatic rings. The van der Waals surface area contributed by atoms with E-state index in [0.717, 1.165) is 0 Å². The van der Waals surface area contributed by atoms with Crippen molar-refractivity contribution in [1.82, 2.24) is 0 Å². The molecule has 1 rings (SSSR count). The van der Waals surface area contributed by atoms with Gasteiger partial charge in [-0.3, -0.25) is 0 Å². The summed E-state index contributed by atoms with van der Waals surface area (Å²) in [6.07, 6.45) is -0.443. The molecule has 0 unspecified atom stereocenters. The zero-order valence-corrected chi connectivity index (χ0v) is 11.7.